The third-order valence-electron chi connectivity index (χ3n) is 4.66. The van der Waals surface area contributed by atoms with E-state index in [1.54, 1.807) is 25.5 Å². The summed E-state index contributed by atoms with van der Waals surface area (Å²) < 4.78 is 31.9. The first-order valence-electron chi connectivity index (χ1n) is 9.04. The van der Waals surface area contributed by atoms with E-state index in [9.17, 15) is 13.2 Å². The van der Waals surface area contributed by atoms with Crippen LogP contribution < -0.4 is 15.0 Å². The number of hydrogen-bond donors (Lipinski definition) is 3. The van der Waals surface area contributed by atoms with Crippen LogP contribution in [-0.2, 0) is 24.5 Å². The smallest absolute Gasteiger partial charge is 0.274 e. The van der Waals surface area contributed by atoms with Gasteiger partial charge in [-0.25, -0.2) is 13.1 Å². The number of hydrogen-bond acceptors (Lipinski definition) is 4. The van der Waals surface area contributed by atoms with E-state index in [-0.39, 0.29) is 12.1 Å². The number of aromatic amines is 1. The minimum atomic E-state index is -2.75. The second-order valence-corrected chi connectivity index (χ2v) is 7.92. The van der Waals surface area contributed by atoms with E-state index in [0.29, 0.717) is 38.6 Å². The lowest BCUT2D eigenvalue weighted by Crippen LogP contribution is -2.16. The number of nitrogens with zero attached hydrogens (tertiary/aromatic N) is 1. The number of aromatic nitrogens is 2. The number of benzene rings is 2. The number of rotatable bonds is 6. The summed E-state index contributed by atoms with van der Waals surface area (Å²) in [7, 11) is -1.08. The lowest BCUT2D eigenvalue weighted by atomic mass is 10.00. The molecule has 0 radical (unpaired) electrons. The second-order valence-electron chi connectivity index (χ2n) is 6.69. The Morgan fingerprint density at radius 3 is 2.63 bits per heavy atom. The molecule has 0 atom stereocenters. The van der Waals surface area contributed by atoms with Crippen molar-refractivity contribution in [3.05, 3.63) is 81.9 Å². The molecule has 30 heavy (non-hydrogen) atoms. The van der Waals surface area contributed by atoms with Gasteiger partial charge in [0.05, 0.1) is 5.02 Å². The number of H-pyrrole nitrogens is 1. The third kappa shape index (κ3) is 3.97. The predicted molar refractivity (Wildman–Crippen MR) is 118 cm³/mol. The fourth-order valence-electron chi connectivity index (χ4n) is 3.30. The maximum atomic E-state index is 12.5. The number of thiol groups is 1. The minimum Gasteiger partial charge on any atom is -0.455 e. The zero-order valence-electron chi connectivity index (χ0n) is 15.9. The highest BCUT2D eigenvalue weighted by Gasteiger charge is 2.18. The molecule has 7 nitrogen and oxygen atoms in total. The zero-order valence-corrected chi connectivity index (χ0v) is 17.5. The van der Waals surface area contributed by atoms with Crippen molar-refractivity contribution in [3.8, 4) is 22.6 Å². The molecule has 9 heteroatoms. The van der Waals surface area contributed by atoms with Crippen molar-refractivity contribution < 1.29 is 13.2 Å². The third-order valence-corrected chi connectivity index (χ3v) is 5.36. The van der Waals surface area contributed by atoms with E-state index in [2.05, 4.69) is 9.71 Å². The Kier molecular flexibility index (Phi) is 5.63. The summed E-state index contributed by atoms with van der Waals surface area (Å²) in [4.78, 5) is 15.4. The summed E-state index contributed by atoms with van der Waals surface area (Å²) in [5, 5.41) is 1.04. The summed E-state index contributed by atoms with van der Waals surface area (Å²) >= 11 is 6.57. The van der Waals surface area contributed by atoms with Crippen LogP contribution in [0.1, 0.15) is 5.56 Å². The van der Waals surface area contributed by atoms with Gasteiger partial charge in [0.1, 0.15) is 11.3 Å². The van der Waals surface area contributed by atoms with Crippen LogP contribution in [0.25, 0.3) is 22.0 Å². The first-order chi connectivity index (χ1) is 14.4. The number of fused-ring (bicyclic) bond motifs is 1. The molecule has 0 aliphatic rings. The van der Waals surface area contributed by atoms with Crippen LogP contribution >= 0.6 is 11.6 Å². The molecular formula is C21H18ClN3O4S. The monoisotopic (exact) mass is 443 g/mol. The van der Waals surface area contributed by atoms with Crippen LogP contribution in [0.3, 0.4) is 0 Å². The first-order valence-corrected chi connectivity index (χ1v) is 10.6. The second kappa shape index (κ2) is 8.35. The van der Waals surface area contributed by atoms with Crippen molar-refractivity contribution in [1.29, 1.82) is 0 Å². The van der Waals surface area contributed by atoms with Crippen molar-refractivity contribution in [2.45, 2.75) is 6.54 Å². The molecule has 0 fully saturated rings. The summed E-state index contributed by atoms with van der Waals surface area (Å²) in [5.41, 5.74) is 2.34. The number of halogens is 1. The molecule has 2 heterocycles. The number of pyridine rings is 1. The lowest BCUT2D eigenvalue weighted by molar-refractivity contribution is 0.484. The SMILES string of the molecule is Cn1cc(-c2cc(CN[SH](=O)=O)cc(Cl)c2Oc2ccccc2)c2cc[nH]c2c1=O. The van der Waals surface area contributed by atoms with E-state index < -0.39 is 10.9 Å². The Morgan fingerprint density at radius 2 is 1.90 bits per heavy atom. The van der Waals surface area contributed by atoms with E-state index in [0.717, 1.165) is 5.56 Å². The summed E-state index contributed by atoms with van der Waals surface area (Å²) in [6.07, 6.45) is 3.41. The van der Waals surface area contributed by atoms with Gasteiger partial charge in [-0.15, -0.1) is 0 Å². The Morgan fingerprint density at radius 1 is 1.13 bits per heavy atom. The maximum absolute atomic E-state index is 12.5. The largest absolute Gasteiger partial charge is 0.455 e. The summed E-state index contributed by atoms with van der Waals surface area (Å²) in [6.45, 7) is 0.0824. The van der Waals surface area contributed by atoms with Crippen molar-refractivity contribution in [1.82, 2.24) is 14.3 Å². The maximum Gasteiger partial charge on any atom is 0.274 e. The molecule has 0 saturated carbocycles. The van der Waals surface area contributed by atoms with Crippen LogP contribution in [0, 0.1) is 0 Å². The van der Waals surface area contributed by atoms with E-state index in [4.69, 9.17) is 16.3 Å². The molecule has 2 aromatic carbocycles. The van der Waals surface area contributed by atoms with E-state index in [1.165, 1.54) is 4.57 Å². The summed E-state index contributed by atoms with van der Waals surface area (Å²) in [5.74, 6) is 1.02. The van der Waals surface area contributed by atoms with Crippen molar-refractivity contribution >= 4 is 33.4 Å². The van der Waals surface area contributed by atoms with Crippen LogP contribution in [0.4, 0.5) is 0 Å². The molecule has 0 amide bonds. The fraction of sp³-hybridized carbons (Fsp3) is 0.0952. The van der Waals surface area contributed by atoms with Crippen molar-refractivity contribution in [2.75, 3.05) is 0 Å². The molecule has 4 aromatic rings. The molecular weight excluding hydrogens is 426 g/mol. The van der Waals surface area contributed by atoms with Gasteiger partial charge in [-0.05, 0) is 35.9 Å². The van der Waals surface area contributed by atoms with Gasteiger partial charge in [-0.3, -0.25) is 4.79 Å². The predicted octanol–water partition coefficient (Wildman–Crippen LogP) is 3.60. The van der Waals surface area contributed by atoms with Gasteiger partial charge < -0.3 is 14.3 Å². The first kappa shape index (κ1) is 20.2. The van der Waals surface area contributed by atoms with Crippen LogP contribution in [0.15, 0.2) is 65.7 Å². The van der Waals surface area contributed by atoms with Crippen LogP contribution in [0.2, 0.25) is 5.02 Å². The minimum absolute atomic E-state index is 0.0824. The molecule has 2 N–H and O–H groups in total. The van der Waals surface area contributed by atoms with Crippen molar-refractivity contribution in [3.63, 3.8) is 0 Å². The summed E-state index contributed by atoms with van der Waals surface area (Å²) in [6, 6.07) is 14.5. The normalized spacial score (nSPS) is 11.3. The van der Waals surface area contributed by atoms with Gasteiger partial charge in [-0.1, -0.05) is 29.8 Å². The fourth-order valence-corrected chi connectivity index (χ4v) is 3.89. The topological polar surface area (TPSA) is 93.2 Å². The highest BCUT2D eigenvalue weighted by molar-refractivity contribution is 7.70. The Bertz CT molecular complexity index is 1350. The van der Waals surface area contributed by atoms with Gasteiger partial charge >= 0.3 is 0 Å². The van der Waals surface area contributed by atoms with E-state index >= 15 is 0 Å². The highest BCUT2D eigenvalue weighted by Crippen LogP contribution is 2.42. The quantitative estimate of drug-likeness (QED) is 0.397. The van der Waals surface area contributed by atoms with Crippen LogP contribution in [-0.4, -0.2) is 18.0 Å². The zero-order chi connectivity index (χ0) is 21.3. The molecule has 0 unspecified atom stereocenters. The average molecular weight is 444 g/mol. The molecule has 0 aliphatic carbocycles. The molecule has 2 aromatic heterocycles. The van der Waals surface area contributed by atoms with Crippen molar-refractivity contribution in [2.24, 2.45) is 7.05 Å². The molecule has 0 saturated heterocycles. The molecule has 0 bridgehead atoms. The Labute approximate surface area is 179 Å². The van der Waals surface area contributed by atoms with Gasteiger partial charge in [0, 0.05) is 42.5 Å². The van der Waals surface area contributed by atoms with Gasteiger partial charge in [0.25, 0.3) is 5.56 Å². The van der Waals surface area contributed by atoms with Gasteiger partial charge in [0.15, 0.2) is 5.75 Å². The number of para-hydroxylation sites is 1. The highest BCUT2D eigenvalue weighted by atomic mass is 35.5. The van der Waals surface area contributed by atoms with Gasteiger partial charge in [0.2, 0.25) is 10.9 Å². The van der Waals surface area contributed by atoms with E-state index in [1.807, 2.05) is 42.5 Å². The number of aryl methyl sites for hydroxylation is 1. The van der Waals surface area contributed by atoms with Gasteiger partial charge in [-0.2, -0.15) is 0 Å². The number of nitrogens with one attached hydrogen (secondary N) is 2. The molecule has 4 rings (SSSR count). The average Bonchev–Trinajstić information content (AvgIpc) is 3.22. The standard InChI is InChI=1S/C21H18ClN3O4S/c1-25-12-17(15-7-8-23-19(15)21(25)26)16-9-13(11-24-30(27)28)10-18(22)20(16)29-14-5-3-2-4-6-14/h2-10,12,23,30H,11H2,1H3,(H,24,27,28). The molecule has 154 valence electrons. The molecule has 0 aliphatic heterocycles. The number of ether oxygens (including phenoxy) is 1. The van der Waals surface area contributed by atoms with Crippen LogP contribution in [0.5, 0.6) is 11.5 Å². The Hall–Kier alpha value is -3.07. The Balaban J connectivity index is 1.95. The molecule has 0 spiro atoms. The lowest BCUT2D eigenvalue weighted by Gasteiger charge is -2.16.